The predicted molar refractivity (Wildman–Crippen MR) is 69.6 cm³/mol. The molecule has 0 aliphatic rings. The number of nitrogens with zero attached hydrogens (tertiary/aromatic N) is 1. The molecule has 0 amide bonds. The molecule has 5 heteroatoms. The van der Waals surface area contributed by atoms with Gasteiger partial charge in [0.2, 0.25) is 0 Å². The summed E-state index contributed by atoms with van der Waals surface area (Å²) in [4.78, 5) is 2.32. The van der Waals surface area contributed by atoms with Gasteiger partial charge in [-0.3, -0.25) is 4.90 Å². The Morgan fingerprint density at radius 1 is 1.25 bits per heavy atom. The van der Waals surface area contributed by atoms with E-state index in [1.165, 1.54) is 0 Å². The second kappa shape index (κ2) is 5.21. The average molecular weight is 259 g/mol. The Kier molecular flexibility index (Phi) is 4.41. The van der Waals surface area contributed by atoms with Gasteiger partial charge in [-0.2, -0.15) is 12.6 Å². The topological polar surface area (TPSA) is 37.4 Å². The molecule has 0 saturated heterocycles. The van der Waals surface area contributed by atoms with Crippen molar-refractivity contribution >= 4 is 22.5 Å². The molecule has 0 N–H and O–H groups in total. The number of rotatable bonds is 4. The van der Waals surface area contributed by atoms with Crippen molar-refractivity contribution in [3.63, 3.8) is 0 Å². The summed E-state index contributed by atoms with van der Waals surface area (Å²) in [5.41, 5.74) is 0.989. The van der Waals surface area contributed by atoms with Crippen LogP contribution in [0.4, 0.5) is 0 Å². The lowest BCUT2D eigenvalue weighted by Crippen LogP contribution is -2.14. The average Bonchev–Trinajstić information content (AvgIpc) is 2.28. The normalized spacial score (nSPS) is 14.1. The summed E-state index contributed by atoms with van der Waals surface area (Å²) in [6, 6.07) is 6.89. The monoisotopic (exact) mass is 259 g/mol. The van der Waals surface area contributed by atoms with Crippen LogP contribution in [0.3, 0.4) is 0 Å². The summed E-state index contributed by atoms with van der Waals surface area (Å²) in [5.74, 6) is 0.129. The molecular formula is C11H17NO2S2. The third-order valence-corrected chi connectivity index (χ3v) is 4.92. The van der Waals surface area contributed by atoms with Crippen LogP contribution in [0.25, 0.3) is 0 Å². The summed E-state index contributed by atoms with van der Waals surface area (Å²) >= 11 is 4.42. The van der Waals surface area contributed by atoms with Crippen molar-refractivity contribution in [1.29, 1.82) is 0 Å². The van der Waals surface area contributed by atoms with Gasteiger partial charge >= 0.3 is 0 Å². The second-order valence-electron chi connectivity index (χ2n) is 3.81. The van der Waals surface area contributed by atoms with Crippen molar-refractivity contribution in [2.75, 3.05) is 19.8 Å². The van der Waals surface area contributed by atoms with E-state index in [1.807, 2.05) is 19.0 Å². The lowest BCUT2D eigenvalue weighted by Gasteiger charge is -2.19. The van der Waals surface area contributed by atoms with E-state index in [2.05, 4.69) is 12.6 Å². The molecule has 0 aromatic heterocycles. The Hall–Kier alpha value is -0.520. The fourth-order valence-electron chi connectivity index (χ4n) is 1.31. The lowest BCUT2D eigenvalue weighted by atomic mass is 10.2. The number of sulfone groups is 1. The molecule has 1 rings (SSSR count). The van der Waals surface area contributed by atoms with Crippen molar-refractivity contribution in [3.8, 4) is 0 Å². The standard InChI is InChI=1S/C11H17NO2S2/c1-4-16(13,14)10-7-5-9(6-8-10)11(15)12(2)3/h5-8,11,15H,4H2,1-3H3. The van der Waals surface area contributed by atoms with Crippen LogP contribution in [-0.2, 0) is 9.84 Å². The molecule has 0 spiro atoms. The summed E-state index contributed by atoms with van der Waals surface area (Å²) in [7, 11) is 0.750. The van der Waals surface area contributed by atoms with E-state index in [-0.39, 0.29) is 11.1 Å². The minimum Gasteiger partial charge on any atom is -0.294 e. The largest absolute Gasteiger partial charge is 0.294 e. The molecule has 0 radical (unpaired) electrons. The molecule has 0 aliphatic carbocycles. The van der Waals surface area contributed by atoms with Crippen LogP contribution in [0.15, 0.2) is 29.2 Å². The first-order valence-electron chi connectivity index (χ1n) is 5.05. The Morgan fingerprint density at radius 3 is 2.12 bits per heavy atom. The summed E-state index contributed by atoms with van der Waals surface area (Å²) in [6.07, 6.45) is 0. The van der Waals surface area contributed by atoms with Crippen molar-refractivity contribution in [3.05, 3.63) is 29.8 Å². The number of benzene rings is 1. The molecule has 0 heterocycles. The van der Waals surface area contributed by atoms with Crippen LogP contribution in [-0.4, -0.2) is 33.2 Å². The first-order valence-corrected chi connectivity index (χ1v) is 7.22. The molecule has 90 valence electrons. The number of thiol groups is 1. The molecule has 0 saturated carbocycles. The molecule has 3 nitrogen and oxygen atoms in total. The zero-order chi connectivity index (χ0) is 12.3. The highest BCUT2D eigenvalue weighted by Gasteiger charge is 2.13. The minimum atomic E-state index is -3.10. The highest BCUT2D eigenvalue weighted by molar-refractivity contribution is 7.91. The van der Waals surface area contributed by atoms with Gasteiger partial charge < -0.3 is 0 Å². The van der Waals surface area contributed by atoms with Crippen molar-refractivity contribution < 1.29 is 8.42 Å². The Labute approximate surface area is 103 Å². The quantitative estimate of drug-likeness (QED) is 0.663. The molecular weight excluding hydrogens is 242 g/mol. The summed E-state index contributed by atoms with van der Waals surface area (Å²) in [6.45, 7) is 1.64. The third kappa shape index (κ3) is 2.99. The smallest absolute Gasteiger partial charge is 0.178 e. The fraction of sp³-hybridized carbons (Fsp3) is 0.455. The van der Waals surface area contributed by atoms with Crippen molar-refractivity contribution in [1.82, 2.24) is 4.90 Å². The molecule has 1 atom stereocenters. The molecule has 0 bridgehead atoms. The van der Waals surface area contributed by atoms with E-state index < -0.39 is 9.84 Å². The maximum absolute atomic E-state index is 11.6. The predicted octanol–water partition coefficient (Wildman–Crippen LogP) is 1.97. The van der Waals surface area contributed by atoms with Gasteiger partial charge in [-0.15, -0.1) is 0 Å². The molecule has 0 aliphatic heterocycles. The van der Waals surface area contributed by atoms with Crippen molar-refractivity contribution in [2.45, 2.75) is 17.2 Å². The van der Waals surface area contributed by atoms with E-state index in [0.717, 1.165) is 5.56 Å². The Balaban J connectivity index is 3.01. The minimum absolute atomic E-state index is 0.0154. The zero-order valence-corrected chi connectivity index (χ0v) is 11.4. The van der Waals surface area contributed by atoms with E-state index >= 15 is 0 Å². The molecule has 16 heavy (non-hydrogen) atoms. The van der Waals surface area contributed by atoms with Crippen LogP contribution in [0.1, 0.15) is 17.9 Å². The SMILES string of the molecule is CCS(=O)(=O)c1ccc(C(S)N(C)C)cc1. The second-order valence-corrected chi connectivity index (χ2v) is 6.58. The van der Waals surface area contributed by atoms with Gasteiger partial charge in [-0.1, -0.05) is 19.1 Å². The van der Waals surface area contributed by atoms with Crippen LogP contribution >= 0.6 is 12.6 Å². The van der Waals surface area contributed by atoms with Crippen LogP contribution in [0.2, 0.25) is 0 Å². The van der Waals surface area contributed by atoms with Gasteiger partial charge in [0.05, 0.1) is 16.0 Å². The Bertz CT molecular complexity index is 438. The van der Waals surface area contributed by atoms with Gasteiger partial charge in [0, 0.05) is 0 Å². The highest BCUT2D eigenvalue weighted by atomic mass is 32.2. The summed E-state index contributed by atoms with van der Waals surface area (Å²) in [5, 5.41) is -0.0154. The molecule has 1 aromatic carbocycles. The third-order valence-electron chi connectivity index (χ3n) is 2.41. The van der Waals surface area contributed by atoms with Crippen molar-refractivity contribution in [2.24, 2.45) is 0 Å². The molecule has 0 fully saturated rings. The molecule has 1 aromatic rings. The zero-order valence-electron chi connectivity index (χ0n) is 9.71. The Morgan fingerprint density at radius 2 is 1.75 bits per heavy atom. The van der Waals surface area contributed by atoms with Gasteiger partial charge in [-0.25, -0.2) is 8.42 Å². The number of hydrogen-bond acceptors (Lipinski definition) is 4. The molecule has 1 unspecified atom stereocenters. The van der Waals surface area contributed by atoms with Gasteiger partial charge in [0.15, 0.2) is 9.84 Å². The van der Waals surface area contributed by atoms with E-state index in [0.29, 0.717) is 4.90 Å². The first kappa shape index (κ1) is 13.5. The van der Waals surface area contributed by atoms with Gasteiger partial charge in [-0.05, 0) is 31.8 Å². The van der Waals surface area contributed by atoms with Gasteiger partial charge in [0.1, 0.15) is 0 Å². The van der Waals surface area contributed by atoms with Crippen LogP contribution in [0, 0.1) is 0 Å². The number of hydrogen-bond donors (Lipinski definition) is 1. The summed E-state index contributed by atoms with van der Waals surface area (Å²) < 4.78 is 23.2. The first-order chi connectivity index (χ1) is 7.38. The lowest BCUT2D eigenvalue weighted by molar-refractivity contribution is 0.393. The maximum atomic E-state index is 11.6. The van der Waals surface area contributed by atoms with E-state index in [4.69, 9.17) is 0 Å². The van der Waals surface area contributed by atoms with Crippen LogP contribution in [0.5, 0.6) is 0 Å². The van der Waals surface area contributed by atoms with E-state index in [9.17, 15) is 8.42 Å². The maximum Gasteiger partial charge on any atom is 0.178 e. The highest BCUT2D eigenvalue weighted by Crippen LogP contribution is 2.23. The van der Waals surface area contributed by atoms with Crippen LogP contribution < -0.4 is 0 Å². The van der Waals surface area contributed by atoms with Gasteiger partial charge in [0.25, 0.3) is 0 Å². The van der Waals surface area contributed by atoms with E-state index in [1.54, 1.807) is 31.2 Å². The fourth-order valence-corrected chi connectivity index (χ4v) is 2.37.